The van der Waals surface area contributed by atoms with Crippen molar-refractivity contribution in [3.63, 3.8) is 0 Å². The molecule has 2 N–H and O–H groups in total. The van der Waals surface area contributed by atoms with Gasteiger partial charge in [0.1, 0.15) is 11.6 Å². The Labute approximate surface area is 112 Å². The predicted octanol–water partition coefficient (Wildman–Crippen LogP) is 1.73. The van der Waals surface area contributed by atoms with Crippen LogP contribution in [0, 0.1) is 11.2 Å². The normalized spacial score (nSPS) is 11.2. The number of rotatable bonds is 7. The molecule has 0 spiro atoms. The minimum Gasteiger partial charge on any atom is -0.493 e. The third-order valence-electron chi connectivity index (χ3n) is 2.59. The molecule has 0 unspecified atom stereocenters. The van der Waals surface area contributed by atoms with Crippen molar-refractivity contribution < 1.29 is 19.0 Å². The Kier molecular flexibility index (Phi) is 5.76. The van der Waals surface area contributed by atoms with Gasteiger partial charge in [-0.1, -0.05) is 19.9 Å². The number of carbonyl (C=O) groups excluding carboxylic acids is 1. The van der Waals surface area contributed by atoms with Gasteiger partial charge in [0.2, 0.25) is 5.91 Å². The number of halogens is 1. The molecule has 0 bridgehead atoms. The number of carbonyl (C=O) groups is 1. The van der Waals surface area contributed by atoms with E-state index in [1.54, 1.807) is 12.1 Å². The molecular formula is C14H20FNO3. The summed E-state index contributed by atoms with van der Waals surface area (Å²) in [5, 5.41) is 11.8. The van der Waals surface area contributed by atoms with Gasteiger partial charge in [0.05, 0.1) is 13.0 Å². The van der Waals surface area contributed by atoms with E-state index in [-0.39, 0.29) is 36.8 Å². The summed E-state index contributed by atoms with van der Waals surface area (Å²) in [5.41, 5.74) is -0.334. The minimum absolute atomic E-state index is 0.00702. The molecule has 5 heteroatoms. The van der Waals surface area contributed by atoms with E-state index in [1.807, 2.05) is 13.8 Å². The van der Waals surface area contributed by atoms with Crippen LogP contribution in [0.25, 0.3) is 0 Å². The van der Waals surface area contributed by atoms with E-state index in [1.165, 1.54) is 12.1 Å². The van der Waals surface area contributed by atoms with Crippen LogP contribution in [0.15, 0.2) is 24.3 Å². The largest absolute Gasteiger partial charge is 0.493 e. The Hall–Kier alpha value is -1.62. The van der Waals surface area contributed by atoms with Crippen LogP contribution < -0.4 is 10.1 Å². The Morgan fingerprint density at radius 3 is 2.84 bits per heavy atom. The van der Waals surface area contributed by atoms with Crippen molar-refractivity contribution in [2.24, 2.45) is 5.41 Å². The summed E-state index contributed by atoms with van der Waals surface area (Å²) in [6.07, 6.45) is 0.192. The number of hydrogen-bond acceptors (Lipinski definition) is 3. The van der Waals surface area contributed by atoms with Crippen LogP contribution in [0.3, 0.4) is 0 Å². The molecule has 0 saturated heterocycles. The van der Waals surface area contributed by atoms with E-state index in [0.717, 1.165) is 0 Å². The molecule has 0 saturated carbocycles. The highest BCUT2D eigenvalue weighted by atomic mass is 19.1. The van der Waals surface area contributed by atoms with Crippen molar-refractivity contribution in [1.82, 2.24) is 5.32 Å². The zero-order valence-electron chi connectivity index (χ0n) is 11.3. The van der Waals surface area contributed by atoms with Crippen LogP contribution in [0.5, 0.6) is 5.75 Å². The number of benzene rings is 1. The molecule has 0 aliphatic carbocycles. The fraction of sp³-hybridized carbons (Fsp3) is 0.500. The first-order valence-corrected chi connectivity index (χ1v) is 6.19. The molecule has 0 aliphatic rings. The van der Waals surface area contributed by atoms with Crippen LogP contribution in [0.2, 0.25) is 0 Å². The van der Waals surface area contributed by atoms with Gasteiger partial charge < -0.3 is 15.2 Å². The molecule has 4 nitrogen and oxygen atoms in total. The fourth-order valence-corrected chi connectivity index (χ4v) is 1.30. The monoisotopic (exact) mass is 269 g/mol. The molecule has 0 radical (unpaired) electrons. The Morgan fingerprint density at radius 1 is 1.47 bits per heavy atom. The molecule has 1 aromatic carbocycles. The number of nitrogens with one attached hydrogen (secondary N) is 1. The second kappa shape index (κ2) is 7.09. The summed E-state index contributed by atoms with van der Waals surface area (Å²) >= 11 is 0. The van der Waals surface area contributed by atoms with Crippen LogP contribution in [-0.4, -0.2) is 30.8 Å². The number of aliphatic hydroxyl groups is 1. The fourth-order valence-electron chi connectivity index (χ4n) is 1.30. The minimum atomic E-state index is -0.369. The lowest BCUT2D eigenvalue weighted by atomic mass is 9.95. The molecule has 0 fully saturated rings. The van der Waals surface area contributed by atoms with Gasteiger partial charge in [0.15, 0.2) is 0 Å². The molecule has 0 atom stereocenters. The van der Waals surface area contributed by atoms with E-state index in [2.05, 4.69) is 5.32 Å². The van der Waals surface area contributed by atoms with Gasteiger partial charge in [-0.15, -0.1) is 0 Å². The maximum Gasteiger partial charge on any atom is 0.223 e. The lowest BCUT2D eigenvalue weighted by Gasteiger charge is -2.21. The molecule has 19 heavy (non-hydrogen) atoms. The summed E-state index contributed by atoms with van der Waals surface area (Å²) in [6.45, 7) is 4.32. The van der Waals surface area contributed by atoms with Crippen molar-refractivity contribution in [1.29, 1.82) is 0 Å². The van der Waals surface area contributed by atoms with Crippen molar-refractivity contribution in [3.8, 4) is 5.75 Å². The van der Waals surface area contributed by atoms with E-state index < -0.39 is 0 Å². The van der Waals surface area contributed by atoms with Gasteiger partial charge in [-0.25, -0.2) is 4.39 Å². The lowest BCUT2D eigenvalue weighted by molar-refractivity contribution is -0.122. The Balaban J connectivity index is 2.24. The second-order valence-electron chi connectivity index (χ2n) is 5.15. The van der Waals surface area contributed by atoms with Gasteiger partial charge in [0, 0.05) is 24.6 Å². The van der Waals surface area contributed by atoms with E-state index in [9.17, 15) is 9.18 Å². The molecule has 0 aliphatic heterocycles. The summed E-state index contributed by atoms with van der Waals surface area (Å²) in [7, 11) is 0. The SMILES string of the molecule is CC(C)(CO)CNC(=O)CCOc1cccc(F)c1. The van der Waals surface area contributed by atoms with Crippen LogP contribution in [0.4, 0.5) is 4.39 Å². The highest BCUT2D eigenvalue weighted by Gasteiger charge is 2.17. The number of hydrogen-bond donors (Lipinski definition) is 2. The first kappa shape index (κ1) is 15.4. The van der Waals surface area contributed by atoms with Gasteiger partial charge in [0.25, 0.3) is 0 Å². The average molecular weight is 269 g/mol. The first-order valence-electron chi connectivity index (χ1n) is 6.19. The zero-order chi connectivity index (χ0) is 14.3. The quantitative estimate of drug-likeness (QED) is 0.792. The van der Waals surface area contributed by atoms with Crippen LogP contribution >= 0.6 is 0 Å². The number of ether oxygens (including phenoxy) is 1. The van der Waals surface area contributed by atoms with E-state index in [4.69, 9.17) is 9.84 Å². The topological polar surface area (TPSA) is 58.6 Å². The highest BCUT2D eigenvalue weighted by molar-refractivity contribution is 5.76. The maximum absolute atomic E-state index is 12.9. The number of amides is 1. The smallest absolute Gasteiger partial charge is 0.223 e. The predicted molar refractivity (Wildman–Crippen MR) is 70.4 cm³/mol. The third kappa shape index (κ3) is 6.20. The Morgan fingerprint density at radius 2 is 2.21 bits per heavy atom. The van der Waals surface area contributed by atoms with Gasteiger partial charge in [-0.2, -0.15) is 0 Å². The second-order valence-corrected chi connectivity index (χ2v) is 5.15. The van der Waals surface area contributed by atoms with Crippen molar-refractivity contribution in [2.75, 3.05) is 19.8 Å². The third-order valence-corrected chi connectivity index (χ3v) is 2.59. The molecule has 106 valence electrons. The van der Waals surface area contributed by atoms with Gasteiger partial charge >= 0.3 is 0 Å². The summed E-state index contributed by atoms with van der Waals surface area (Å²) in [6, 6.07) is 5.79. The number of aliphatic hydroxyl groups excluding tert-OH is 1. The zero-order valence-corrected chi connectivity index (χ0v) is 11.3. The van der Waals surface area contributed by atoms with Gasteiger partial charge in [-0.05, 0) is 12.1 Å². The maximum atomic E-state index is 12.9. The standard InChI is InChI=1S/C14H20FNO3/c1-14(2,10-17)9-16-13(18)6-7-19-12-5-3-4-11(15)8-12/h3-5,8,17H,6-7,9-10H2,1-2H3,(H,16,18). The lowest BCUT2D eigenvalue weighted by Crippen LogP contribution is -2.36. The average Bonchev–Trinajstić information content (AvgIpc) is 2.37. The van der Waals surface area contributed by atoms with Crippen molar-refractivity contribution in [2.45, 2.75) is 20.3 Å². The molecule has 1 amide bonds. The van der Waals surface area contributed by atoms with E-state index in [0.29, 0.717) is 12.3 Å². The Bertz CT molecular complexity index is 421. The first-order chi connectivity index (χ1) is 8.93. The molecule has 1 aromatic rings. The van der Waals surface area contributed by atoms with E-state index >= 15 is 0 Å². The molecule has 0 aromatic heterocycles. The highest BCUT2D eigenvalue weighted by Crippen LogP contribution is 2.12. The molecule has 0 heterocycles. The van der Waals surface area contributed by atoms with Crippen LogP contribution in [-0.2, 0) is 4.79 Å². The van der Waals surface area contributed by atoms with Crippen molar-refractivity contribution >= 4 is 5.91 Å². The van der Waals surface area contributed by atoms with Crippen molar-refractivity contribution in [3.05, 3.63) is 30.1 Å². The molecule has 1 rings (SSSR count). The van der Waals surface area contributed by atoms with Crippen LogP contribution in [0.1, 0.15) is 20.3 Å². The summed E-state index contributed by atoms with van der Waals surface area (Å²) in [4.78, 5) is 11.5. The summed E-state index contributed by atoms with van der Waals surface area (Å²) in [5.74, 6) is -0.118. The van der Waals surface area contributed by atoms with Gasteiger partial charge in [-0.3, -0.25) is 4.79 Å². The summed E-state index contributed by atoms with van der Waals surface area (Å²) < 4.78 is 18.1. The molecular weight excluding hydrogens is 249 g/mol.